The van der Waals surface area contributed by atoms with E-state index >= 15 is 0 Å². The molecular weight excluding hydrogens is 262 g/mol. The van der Waals surface area contributed by atoms with Gasteiger partial charge in [-0.3, -0.25) is 4.68 Å². The lowest BCUT2D eigenvalue weighted by molar-refractivity contribution is 0.340. The van der Waals surface area contributed by atoms with Crippen molar-refractivity contribution in [1.82, 2.24) is 15.1 Å². The summed E-state index contributed by atoms with van der Waals surface area (Å²) in [7, 11) is 1.98. The zero-order valence-corrected chi connectivity index (χ0v) is 13.4. The van der Waals surface area contributed by atoms with Crippen molar-refractivity contribution in [1.29, 1.82) is 0 Å². The molecule has 1 N–H and O–H groups in total. The molecular formula is C17H25N3O. The van der Waals surface area contributed by atoms with E-state index in [1.165, 1.54) is 16.8 Å². The first-order chi connectivity index (χ1) is 10.2. The van der Waals surface area contributed by atoms with Gasteiger partial charge < -0.3 is 10.1 Å². The lowest BCUT2D eigenvalue weighted by Gasteiger charge is -2.19. The molecule has 0 aliphatic rings. The first kappa shape index (κ1) is 15.6. The summed E-state index contributed by atoms with van der Waals surface area (Å²) >= 11 is 0. The third-order valence-electron chi connectivity index (χ3n) is 3.71. The van der Waals surface area contributed by atoms with Crippen molar-refractivity contribution in [2.45, 2.75) is 33.2 Å². The number of aromatic nitrogens is 2. The van der Waals surface area contributed by atoms with E-state index in [2.05, 4.69) is 36.4 Å². The molecule has 4 heteroatoms. The number of benzene rings is 1. The third kappa shape index (κ3) is 3.64. The van der Waals surface area contributed by atoms with Crippen LogP contribution in [0.5, 0.6) is 5.75 Å². The summed E-state index contributed by atoms with van der Waals surface area (Å²) in [6, 6.07) is 8.50. The first-order valence-electron chi connectivity index (χ1n) is 7.62. The molecule has 1 aromatic carbocycles. The highest BCUT2D eigenvalue weighted by Crippen LogP contribution is 2.26. The Balaban J connectivity index is 2.29. The standard InChI is InChI=1S/C17H25N3O/c1-5-11-18-17(16-12-19-20(4)13(16)3)14-7-9-15(10-8-14)21-6-2/h7-10,12,17-18H,5-6,11H2,1-4H3. The second kappa shape index (κ2) is 7.27. The minimum absolute atomic E-state index is 0.175. The summed E-state index contributed by atoms with van der Waals surface area (Å²) in [5.74, 6) is 0.915. The van der Waals surface area contributed by atoms with Crippen molar-refractivity contribution in [2.24, 2.45) is 7.05 Å². The molecule has 2 aromatic rings. The van der Waals surface area contributed by atoms with Crippen LogP contribution in [0.25, 0.3) is 0 Å². The molecule has 2 rings (SSSR count). The van der Waals surface area contributed by atoms with Crippen molar-refractivity contribution in [3.63, 3.8) is 0 Å². The van der Waals surface area contributed by atoms with Gasteiger partial charge in [0.05, 0.1) is 18.8 Å². The fourth-order valence-electron chi connectivity index (χ4n) is 2.42. The fourth-order valence-corrected chi connectivity index (χ4v) is 2.42. The average molecular weight is 287 g/mol. The van der Waals surface area contributed by atoms with Gasteiger partial charge in [0.2, 0.25) is 0 Å². The Morgan fingerprint density at radius 3 is 2.48 bits per heavy atom. The maximum Gasteiger partial charge on any atom is 0.119 e. The Bertz CT molecular complexity index is 560. The van der Waals surface area contributed by atoms with Crippen LogP contribution in [-0.2, 0) is 7.05 Å². The lowest BCUT2D eigenvalue weighted by Crippen LogP contribution is -2.23. The van der Waals surface area contributed by atoms with Gasteiger partial charge in [-0.25, -0.2) is 0 Å². The summed E-state index contributed by atoms with van der Waals surface area (Å²) in [6.07, 6.45) is 3.06. The Kier molecular flexibility index (Phi) is 5.39. The minimum Gasteiger partial charge on any atom is -0.494 e. The molecule has 114 valence electrons. The number of nitrogens with zero attached hydrogens (tertiary/aromatic N) is 2. The zero-order chi connectivity index (χ0) is 15.2. The van der Waals surface area contributed by atoms with E-state index in [1.54, 1.807) is 0 Å². The van der Waals surface area contributed by atoms with Crippen LogP contribution >= 0.6 is 0 Å². The number of ether oxygens (including phenoxy) is 1. The van der Waals surface area contributed by atoms with Gasteiger partial charge in [0.15, 0.2) is 0 Å². The van der Waals surface area contributed by atoms with Crippen LogP contribution in [0.15, 0.2) is 30.5 Å². The van der Waals surface area contributed by atoms with Crippen LogP contribution in [-0.4, -0.2) is 22.9 Å². The lowest BCUT2D eigenvalue weighted by atomic mass is 9.99. The largest absolute Gasteiger partial charge is 0.494 e. The summed E-state index contributed by atoms with van der Waals surface area (Å²) in [4.78, 5) is 0. The van der Waals surface area contributed by atoms with Crippen LogP contribution in [0, 0.1) is 6.92 Å². The normalized spacial score (nSPS) is 12.4. The van der Waals surface area contributed by atoms with E-state index in [-0.39, 0.29) is 6.04 Å². The molecule has 0 aliphatic carbocycles. The van der Waals surface area contributed by atoms with Gasteiger partial charge in [0.1, 0.15) is 5.75 Å². The van der Waals surface area contributed by atoms with Gasteiger partial charge in [-0.2, -0.15) is 5.10 Å². The fraction of sp³-hybridized carbons (Fsp3) is 0.471. The highest BCUT2D eigenvalue weighted by molar-refractivity contribution is 5.36. The number of rotatable bonds is 7. The highest BCUT2D eigenvalue weighted by atomic mass is 16.5. The molecule has 1 heterocycles. The van der Waals surface area contributed by atoms with Crippen LogP contribution in [0.2, 0.25) is 0 Å². The van der Waals surface area contributed by atoms with Crippen LogP contribution < -0.4 is 10.1 Å². The van der Waals surface area contributed by atoms with Crippen molar-refractivity contribution in [3.05, 3.63) is 47.3 Å². The first-order valence-corrected chi connectivity index (χ1v) is 7.62. The van der Waals surface area contributed by atoms with Gasteiger partial charge >= 0.3 is 0 Å². The van der Waals surface area contributed by atoms with Crippen molar-refractivity contribution >= 4 is 0 Å². The second-order valence-electron chi connectivity index (χ2n) is 5.20. The minimum atomic E-state index is 0.175. The summed E-state index contributed by atoms with van der Waals surface area (Å²) < 4.78 is 7.44. The number of nitrogens with one attached hydrogen (secondary N) is 1. The molecule has 1 atom stereocenters. The van der Waals surface area contributed by atoms with Crippen molar-refractivity contribution in [2.75, 3.05) is 13.2 Å². The van der Waals surface area contributed by atoms with Gasteiger partial charge in [-0.1, -0.05) is 19.1 Å². The highest BCUT2D eigenvalue weighted by Gasteiger charge is 2.18. The predicted molar refractivity (Wildman–Crippen MR) is 85.7 cm³/mol. The Morgan fingerprint density at radius 2 is 1.95 bits per heavy atom. The molecule has 0 amide bonds. The Morgan fingerprint density at radius 1 is 1.24 bits per heavy atom. The Hall–Kier alpha value is -1.81. The topological polar surface area (TPSA) is 39.1 Å². The number of hydrogen-bond acceptors (Lipinski definition) is 3. The smallest absolute Gasteiger partial charge is 0.119 e. The van der Waals surface area contributed by atoms with Crippen LogP contribution in [0.1, 0.15) is 43.1 Å². The van der Waals surface area contributed by atoms with Gasteiger partial charge in [-0.15, -0.1) is 0 Å². The molecule has 0 saturated carbocycles. The summed E-state index contributed by atoms with van der Waals surface area (Å²) in [5.41, 5.74) is 3.66. The summed E-state index contributed by atoms with van der Waals surface area (Å²) in [5, 5.41) is 7.98. The Labute approximate surface area is 127 Å². The molecule has 0 spiro atoms. The third-order valence-corrected chi connectivity index (χ3v) is 3.71. The molecule has 0 aliphatic heterocycles. The van der Waals surface area contributed by atoms with E-state index in [0.717, 1.165) is 18.7 Å². The van der Waals surface area contributed by atoms with E-state index in [4.69, 9.17) is 4.74 Å². The van der Waals surface area contributed by atoms with Gasteiger partial charge in [-0.05, 0) is 44.5 Å². The number of hydrogen-bond donors (Lipinski definition) is 1. The SMILES string of the molecule is CCCNC(c1ccc(OCC)cc1)c1cnn(C)c1C. The van der Waals surface area contributed by atoms with Crippen LogP contribution in [0.3, 0.4) is 0 Å². The monoisotopic (exact) mass is 287 g/mol. The molecule has 0 bridgehead atoms. The van der Waals surface area contributed by atoms with E-state index < -0.39 is 0 Å². The van der Waals surface area contributed by atoms with Gasteiger partial charge in [0.25, 0.3) is 0 Å². The van der Waals surface area contributed by atoms with Crippen molar-refractivity contribution in [3.8, 4) is 5.75 Å². The molecule has 1 unspecified atom stereocenters. The molecule has 21 heavy (non-hydrogen) atoms. The molecule has 0 radical (unpaired) electrons. The average Bonchev–Trinajstić information content (AvgIpc) is 2.82. The maximum absolute atomic E-state index is 5.52. The quantitative estimate of drug-likeness (QED) is 0.850. The summed E-state index contributed by atoms with van der Waals surface area (Å²) in [6.45, 7) is 7.96. The van der Waals surface area contributed by atoms with E-state index in [1.807, 2.05) is 37.0 Å². The van der Waals surface area contributed by atoms with E-state index in [0.29, 0.717) is 6.61 Å². The number of aryl methyl sites for hydroxylation is 1. The predicted octanol–water partition coefficient (Wildman–Crippen LogP) is 3.22. The molecule has 4 nitrogen and oxygen atoms in total. The molecule has 0 saturated heterocycles. The van der Waals surface area contributed by atoms with Gasteiger partial charge in [0, 0.05) is 18.3 Å². The van der Waals surface area contributed by atoms with Crippen LogP contribution in [0.4, 0.5) is 0 Å². The molecule has 1 aromatic heterocycles. The van der Waals surface area contributed by atoms with Crippen molar-refractivity contribution < 1.29 is 4.74 Å². The molecule has 0 fully saturated rings. The maximum atomic E-state index is 5.52. The van der Waals surface area contributed by atoms with E-state index in [9.17, 15) is 0 Å². The second-order valence-corrected chi connectivity index (χ2v) is 5.20. The zero-order valence-electron chi connectivity index (χ0n) is 13.4.